The third-order valence-corrected chi connectivity index (χ3v) is 3.23. The number of halogens is 1. The number of hydrogen-bond donors (Lipinski definition) is 1. The largest absolute Gasteiger partial charge is 0.466 e. The van der Waals surface area contributed by atoms with E-state index in [9.17, 15) is 18.8 Å². The van der Waals surface area contributed by atoms with Crippen LogP contribution < -0.4 is 5.43 Å². The van der Waals surface area contributed by atoms with Gasteiger partial charge in [0.05, 0.1) is 19.2 Å². The highest BCUT2D eigenvalue weighted by Gasteiger charge is 2.28. The number of nitrogens with one attached hydrogen (secondary N) is 1. The normalized spacial score (nSPS) is 12.1. The highest BCUT2D eigenvalue weighted by Crippen LogP contribution is 2.15. The maximum absolute atomic E-state index is 13.2. The summed E-state index contributed by atoms with van der Waals surface area (Å²) in [6.07, 6.45) is -0.388. The number of hydrazine groups is 1. The zero-order chi connectivity index (χ0) is 23.1. The van der Waals surface area contributed by atoms with Gasteiger partial charge in [0.1, 0.15) is 17.0 Å². The molecule has 0 heterocycles. The summed E-state index contributed by atoms with van der Waals surface area (Å²) >= 11 is 0. The minimum atomic E-state index is -0.903. The Labute approximate surface area is 175 Å². The van der Waals surface area contributed by atoms with Crippen LogP contribution in [0.15, 0.2) is 29.8 Å². The Balaban J connectivity index is 3.20. The van der Waals surface area contributed by atoms with Crippen molar-refractivity contribution in [3.8, 4) is 0 Å². The van der Waals surface area contributed by atoms with Crippen molar-refractivity contribution in [1.82, 2.24) is 10.4 Å². The Morgan fingerprint density at radius 3 is 2.00 bits per heavy atom. The fourth-order valence-electron chi connectivity index (χ4n) is 2.11. The van der Waals surface area contributed by atoms with E-state index in [1.54, 1.807) is 41.5 Å². The number of hydrogen-bond acceptors (Lipinski definition) is 6. The van der Waals surface area contributed by atoms with Crippen LogP contribution in [-0.2, 0) is 19.0 Å². The molecule has 0 aliphatic carbocycles. The van der Waals surface area contributed by atoms with Crippen molar-refractivity contribution < 1.29 is 33.0 Å². The van der Waals surface area contributed by atoms with Crippen molar-refractivity contribution in [2.24, 2.45) is 0 Å². The van der Waals surface area contributed by atoms with Crippen molar-refractivity contribution >= 4 is 24.2 Å². The maximum atomic E-state index is 13.2. The number of ether oxygens (including phenoxy) is 3. The molecule has 0 saturated carbocycles. The lowest BCUT2D eigenvalue weighted by atomic mass is 10.1. The molecule has 9 heteroatoms. The molecule has 0 aromatic heterocycles. The molecular weight excluding hydrogens is 395 g/mol. The molecule has 1 rings (SSSR count). The molecule has 1 N–H and O–H groups in total. The highest BCUT2D eigenvalue weighted by molar-refractivity contribution is 5.94. The van der Waals surface area contributed by atoms with E-state index in [1.807, 2.05) is 0 Å². The van der Waals surface area contributed by atoms with Crippen molar-refractivity contribution in [3.05, 3.63) is 41.2 Å². The minimum absolute atomic E-state index is 0.0195. The first kappa shape index (κ1) is 24.9. The molecule has 1 aromatic carbocycles. The molecule has 0 bridgehead atoms. The number of carbonyl (C=O) groups is 3. The maximum Gasteiger partial charge on any atom is 0.429 e. The quantitative estimate of drug-likeness (QED) is 0.339. The van der Waals surface area contributed by atoms with Gasteiger partial charge in [-0.3, -0.25) is 0 Å². The van der Waals surface area contributed by atoms with Gasteiger partial charge in [-0.2, -0.15) is 0 Å². The lowest BCUT2D eigenvalue weighted by Gasteiger charge is -2.29. The predicted octanol–water partition coefficient (Wildman–Crippen LogP) is 4.06. The second-order valence-electron chi connectivity index (χ2n) is 8.39. The third kappa shape index (κ3) is 9.40. The molecule has 1 aromatic rings. The number of rotatable bonds is 4. The fraction of sp³-hybridized carbons (Fsp3) is 0.476. The zero-order valence-electron chi connectivity index (χ0n) is 18.4. The topological polar surface area (TPSA) is 94.2 Å². The van der Waals surface area contributed by atoms with E-state index >= 15 is 0 Å². The van der Waals surface area contributed by atoms with Gasteiger partial charge in [-0.05, 0) is 65.3 Å². The number of benzene rings is 1. The summed E-state index contributed by atoms with van der Waals surface area (Å²) in [6.45, 7) is 9.60. The van der Waals surface area contributed by atoms with Gasteiger partial charge in [-0.15, -0.1) is 0 Å². The molecule has 0 atom stereocenters. The second-order valence-corrected chi connectivity index (χ2v) is 8.39. The summed E-state index contributed by atoms with van der Waals surface area (Å²) in [4.78, 5) is 37.1. The fourth-order valence-corrected chi connectivity index (χ4v) is 2.11. The van der Waals surface area contributed by atoms with Crippen LogP contribution in [0.4, 0.5) is 14.0 Å². The van der Waals surface area contributed by atoms with Crippen LogP contribution in [0.2, 0.25) is 0 Å². The van der Waals surface area contributed by atoms with Crippen molar-refractivity contribution in [2.45, 2.75) is 52.7 Å². The van der Waals surface area contributed by atoms with Gasteiger partial charge in [0.15, 0.2) is 0 Å². The number of nitrogens with zero attached hydrogens (tertiary/aromatic N) is 1. The summed E-state index contributed by atoms with van der Waals surface area (Å²) in [5.41, 5.74) is 1.15. The average Bonchev–Trinajstić information content (AvgIpc) is 2.58. The first-order chi connectivity index (χ1) is 13.7. The molecule has 0 unspecified atom stereocenters. The van der Waals surface area contributed by atoms with Crippen molar-refractivity contribution in [3.63, 3.8) is 0 Å². The van der Waals surface area contributed by atoms with Gasteiger partial charge in [-0.25, -0.2) is 29.2 Å². The Morgan fingerprint density at radius 2 is 1.53 bits per heavy atom. The lowest BCUT2D eigenvalue weighted by molar-refractivity contribution is -0.136. The van der Waals surface area contributed by atoms with Crippen LogP contribution in [-0.4, -0.2) is 48.0 Å². The Bertz CT molecular complexity index is 791. The zero-order valence-corrected chi connectivity index (χ0v) is 18.4. The Morgan fingerprint density at radius 1 is 1.00 bits per heavy atom. The summed E-state index contributed by atoms with van der Waals surface area (Å²) in [5.74, 6) is -1.17. The van der Waals surface area contributed by atoms with E-state index in [1.165, 1.54) is 37.5 Å². The molecule has 0 radical (unpaired) electrons. The molecule has 0 aliphatic heterocycles. The van der Waals surface area contributed by atoms with Crippen molar-refractivity contribution in [2.75, 3.05) is 13.7 Å². The van der Waals surface area contributed by atoms with Gasteiger partial charge < -0.3 is 14.2 Å². The minimum Gasteiger partial charge on any atom is -0.466 e. The number of methoxy groups -OCH3 is 1. The SMILES string of the molecule is COC(=O)/C(=C\c1ccc(F)cc1)CN(NC(=O)OC(C)(C)C)C(=O)OC(C)(C)C. The van der Waals surface area contributed by atoms with Crippen LogP contribution in [0.1, 0.15) is 47.1 Å². The third-order valence-electron chi connectivity index (χ3n) is 3.23. The average molecular weight is 424 g/mol. The van der Waals surface area contributed by atoms with E-state index in [4.69, 9.17) is 14.2 Å². The molecule has 0 saturated heterocycles. The van der Waals surface area contributed by atoms with Gasteiger partial charge in [0, 0.05) is 0 Å². The molecule has 0 aliphatic rings. The second kappa shape index (κ2) is 10.1. The van der Waals surface area contributed by atoms with Gasteiger partial charge in [0.25, 0.3) is 0 Å². The number of amides is 2. The molecule has 0 fully saturated rings. The van der Waals surface area contributed by atoms with Crippen LogP contribution in [0.3, 0.4) is 0 Å². The molecule has 8 nitrogen and oxygen atoms in total. The number of esters is 1. The Hall–Kier alpha value is -3.10. The van der Waals surface area contributed by atoms with Crippen molar-refractivity contribution in [1.29, 1.82) is 0 Å². The van der Waals surface area contributed by atoms with Crippen LogP contribution in [0.5, 0.6) is 0 Å². The Kier molecular flexibility index (Phi) is 8.38. The molecule has 166 valence electrons. The first-order valence-electron chi connectivity index (χ1n) is 9.25. The van der Waals surface area contributed by atoms with Gasteiger partial charge in [-0.1, -0.05) is 12.1 Å². The standard InChI is InChI=1S/C21H29FN2O6/c1-20(2,3)29-18(26)23-24(19(27)30-21(4,5)6)13-15(17(25)28-7)12-14-8-10-16(22)11-9-14/h8-12H,13H2,1-7H3,(H,23,26)/b15-12-. The van der Waals surface area contributed by atoms with E-state index in [-0.39, 0.29) is 12.1 Å². The number of carbonyl (C=O) groups excluding carboxylic acids is 3. The summed E-state index contributed by atoms with van der Waals surface area (Å²) < 4.78 is 28.4. The highest BCUT2D eigenvalue weighted by atomic mass is 19.1. The van der Waals surface area contributed by atoms with E-state index < -0.39 is 35.2 Å². The van der Waals surface area contributed by atoms with Gasteiger partial charge >= 0.3 is 18.2 Å². The summed E-state index contributed by atoms with van der Waals surface area (Å²) in [5, 5.41) is 0.811. The van der Waals surface area contributed by atoms with Gasteiger partial charge in [0.2, 0.25) is 0 Å². The van der Waals surface area contributed by atoms with E-state index in [2.05, 4.69) is 5.43 Å². The molecule has 30 heavy (non-hydrogen) atoms. The molecular formula is C21H29FN2O6. The monoisotopic (exact) mass is 424 g/mol. The van der Waals surface area contributed by atoms with E-state index in [0.29, 0.717) is 5.56 Å². The summed E-state index contributed by atoms with van der Waals surface area (Å²) in [6, 6.07) is 5.37. The first-order valence-corrected chi connectivity index (χ1v) is 9.25. The lowest BCUT2D eigenvalue weighted by Crippen LogP contribution is -2.50. The molecule has 2 amide bonds. The predicted molar refractivity (Wildman–Crippen MR) is 109 cm³/mol. The summed E-state index contributed by atoms with van der Waals surface area (Å²) in [7, 11) is 1.18. The smallest absolute Gasteiger partial charge is 0.429 e. The molecule has 0 spiro atoms. The van der Waals surface area contributed by atoms with E-state index in [0.717, 1.165) is 5.01 Å². The van der Waals surface area contributed by atoms with Crippen LogP contribution >= 0.6 is 0 Å². The van der Waals surface area contributed by atoms with Crippen LogP contribution in [0.25, 0.3) is 6.08 Å². The van der Waals surface area contributed by atoms with Crippen LogP contribution in [0, 0.1) is 5.82 Å².